The van der Waals surface area contributed by atoms with Crippen LogP contribution in [0.3, 0.4) is 0 Å². The molecule has 0 bridgehead atoms. The molecule has 1 fully saturated rings. The first-order valence-electron chi connectivity index (χ1n) is 9.06. The van der Waals surface area contributed by atoms with Crippen LogP contribution in [0.2, 0.25) is 5.02 Å². The topological polar surface area (TPSA) is 54.7 Å². The van der Waals surface area contributed by atoms with Gasteiger partial charge in [0, 0.05) is 42.0 Å². The van der Waals surface area contributed by atoms with Crippen LogP contribution >= 0.6 is 11.6 Å². The summed E-state index contributed by atoms with van der Waals surface area (Å²) in [6.07, 6.45) is 5.24. The molecule has 3 heterocycles. The van der Waals surface area contributed by atoms with Gasteiger partial charge in [-0.3, -0.25) is 9.59 Å². The van der Waals surface area contributed by atoms with Crippen LogP contribution < -0.4 is 0 Å². The summed E-state index contributed by atoms with van der Waals surface area (Å²) in [5, 5.41) is 0.606. The summed E-state index contributed by atoms with van der Waals surface area (Å²) in [7, 11) is 0. The van der Waals surface area contributed by atoms with E-state index in [1.54, 1.807) is 35.4 Å². The molecule has 3 aromatic rings. The van der Waals surface area contributed by atoms with Gasteiger partial charge in [-0.1, -0.05) is 17.7 Å². The van der Waals surface area contributed by atoms with Gasteiger partial charge in [-0.15, -0.1) is 0 Å². The number of Topliss-reactive ketones (excluding diaryl/α,β-unsaturated/α-hetero) is 1. The van der Waals surface area contributed by atoms with Crippen LogP contribution in [0.1, 0.15) is 39.3 Å². The first-order valence-corrected chi connectivity index (χ1v) is 9.44. The molecule has 2 aromatic heterocycles. The van der Waals surface area contributed by atoms with Crippen molar-refractivity contribution in [2.75, 3.05) is 13.1 Å². The summed E-state index contributed by atoms with van der Waals surface area (Å²) in [5.41, 5.74) is 2.86. The van der Waals surface area contributed by atoms with Crippen LogP contribution in [0, 0.1) is 12.8 Å². The number of halogens is 1. The standard InChI is InChI=1S/C21H20ClN3O2/c1-14-4-2-10-24-13-18(23-20(14)24)21(27)25-11-3-5-16(12-25)19(26)15-6-8-17(22)9-7-15/h2,4,6-10,13,16H,3,5,11-12H2,1H3/t16-/m1/s1. The number of benzene rings is 1. The number of piperidine rings is 1. The van der Waals surface area contributed by atoms with E-state index in [1.165, 1.54) is 0 Å². The first kappa shape index (κ1) is 17.7. The number of nitrogens with zero attached hydrogens (tertiary/aromatic N) is 3. The molecule has 0 aliphatic carbocycles. The zero-order valence-corrected chi connectivity index (χ0v) is 15.8. The van der Waals surface area contributed by atoms with Gasteiger partial charge < -0.3 is 9.30 Å². The lowest BCUT2D eigenvalue weighted by Gasteiger charge is -2.31. The van der Waals surface area contributed by atoms with Crippen molar-refractivity contribution in [3.05, 3.63) is 70.6 Å². The van der Waals surface area contributed by atoms with Gasteiger partial charge in [0.1, 0.15) is 11.3 Å². The second-order valence-corrected chi connectivity index (χ2v) is 7.45. The van der Waals surface area contributed by atoms with Crippen LogP contribution in [0.25, 0.3) is 5.65 Å². The average molecular weight is 382 g/mol. The highest BCUT2D eigenvalue weighted by atomic mass is 35.5. The lowest BCUT2D eigenvalue weighted by atomic mass is 9.90. The van der Waals surface area contributed by atoms with E-state index >= 15 is 0 Å². The molecule has 0 unspecified atom stereocenters. The van der Waals surface area contributed by atoms with E-state index in [4.69, 9.17) is 11.6 Å². The molecule has 1 aromatic carbocycles. The fraction of sp³-hybridized carbons (Fsp3) is 0.286. The normalized spacial score (nSPS) is 17.3. The predicted molar refractivity (Wildman–Crippen MR) is 104 cm³/mol. The number of rotatable bonds is 3. The summed E-state index contributed by atoms with van der Waals surface area (Å²) < 4.78 is 1.86. The van der Waals surface area contributed by atoms with Gasteiger partial charge in [-0.2, -0.15) is 0 Å². The largest absolute Gasteiger partial charge is 0.337 e. The van der Waals surface area contributed by atoms with Crippen molar-refractivity contribution in [2.24, 2.45) is 5.92 Å². The van der Waals surface area contributed by atoms with E-state index in [1.807, 2.05) is 29.7 Å². The highest BCUT2D eigenvalue weighted by Crippen LogP contribution is 2.23. The van der Waals surface area contributed by atoms with E-state index in [9.17, 15) is 9.59 Å². The van der Waals surface area contributed by atoms with Crippen molar-refractivity contribution >= 4 is 28.9 Å². The molecule has 4 rings (SSSR count). The van der Waals surface area contributed by atoms with E-state index in [0.717, 1.165) is 24.1 Å². The van der Waals surface area contributed by atoms with Gasteiger partial charge >= 0.3 is 0 Å². The third kappa shape index (κ3) is 3.47. The van der Waals surface area contributed by atoms with Crippen LogP contribution in [0.4, 0.5) is 0 Å². The molecule has 0 spiro atoms. The van der Waals surface area contributed by atoms with Crippen molar-refractivity contribution in [3.63, 3.8) is 0 Å². The van der Waals surface area contributed by atoms with Crippen LogP contribution in [0.15, 0.2) is 48.8 Å². The Hall–Kier alpha value is -2.66. The molecule has 1 amide bonds. The molecule has 5 nitrogen and oxygen atoms in total. The smallest absolute Gasteiger partial charge is 0.274 e. The number of fused-ring (bicyclic) bond motifs is 1. The molecule has 1 aliphatic heterocycles. The lowest BCUT2D eigenvalue weighted by molar-refractivity contribution is 0.0632. The highest BCUT2D eigenvalue weighted by Gasteiger charge is 2.30. The van der Waals surface area contributed by atoms with Crippen LogP contribution in [0.5, 0.6) is 0 Å². The number of amides is 1. The number of likely N-dealkylation sites (tertiary alicyclic amines) is 1. The Morgan fingerprint density at radius 3 is 2.70 bits per heavy atom. The molecule has 1 atom stereocenters. The third-order valence-electron chi connectivity index (χ3n) is 5.11. The summed E-state index contributed by atoms with van der Waals surface area (Å²) in [5.74, 6) is -0.246. The van der Waals surface area contributed by atoms with Crippen molar-refractivity contribution in [2.45, 2.75) is 19.8 Å². The number of carbonyl (C=O) groups excluding carboxylic acids is 2. The number of aromatic nitrogens is 2. The molecule has 6 heteroatoms. The first-order chi connectivity index (χ1) is 13.0. The molecule has 27 heavy (non-hydrogen) atoms. The Bertz CT molecular complexity index is 1010. The summed E-state index contributed by atoms with van der Waals surface area (Å²) >= 11 is 5.91. The van der Waals surface area contributed by atoms with Gasteiger partial charge in [-0.25, -0.2) is 4.98 Å². The molecular weight excluding hydrogens is 362 g/mol. The maximum absolute atomic E-state index is 13.0. The highest BCUT2D eigenvalue weighted by molar-refractivity contribution is 6.30. The number of hydrogen-bond acceptors (Lipinski definition) is 3. The fourth-order valence-electron chi connectivity index (χ4n) is 3.64. The summed E-state index contributed by atoms with van der Waals surface area (Å²) in [4.78, 5) is 32.0. The molecule has 1 saturated heterocycles. The number of hydrogen-bond donors (Lipinski definition) is 0. The number of pyridine rings is 1. The average Bonchev–Trinajstić information content (AvgIpc) is 3.13. The van der Waals surface area contributed by atoms with Gasteiger partial charge in [0.25, 0.3) is 5.91 Å². The Kier molecular flexibility index (Phi) is 4.70. The number of carbonyl (C=O) groups is 2. The Morgan fingerprint density at radius 1 is 1.19 bits per heavy atom. The predicted octanol–water partition coefficient (Wildman–Crippen LogP) is 4.03. The zero-order chi connectivity index (χ0) is 19.0. The number of aryl methyl sites for hydroxylation is 1. The third-order valence-corrected chi connectivity index (χ3v) is 5.36. The Morgan fingerprint density at radius 2 is 1.96 bits per heavy atom. The second kappa shape index (κ2) is 7.16. The molecule has 0 N–H and O–H groups in total. The van der Waals surface area contributed by atoms with Gasteiger partial charge in [0.15, 0.2) is 5.78 Å². The lowest BCUT2D eigenvalue weighted by Crippen LogP contribution is -2.42. The maximum Gasteiger partial charge on any atom is 0.274 e. The van der Waals surface area contributed by atoms with E-state index in [0.29, 0.717) is 29.4 Å². The van der Waals surface area contributed by atoms with Gasteiger partial charge in [0.2, 0.25) is 0 Å². The monoisotopic (exact) mass is 381 g/mol. The molecular formula is C21H20ClN3O2. The van der Waals surface area contributed by atoms with E-state index < -0.39 is 0 Å². The molecule has 0 radical (unpaired) electrons. The summed E-state index contributed by atoms with van der Waals surface area (Å²) in [6.45, 7) is 3.04. The maximum atomic E-state index is 13.0. The van der Waals surface area contributed by atoms with Crippen LogP contribution in [-0.2, 0) is 0 Å². The minimum atomic E-state index is -0.192. The number of ketones is 1. The van der Waals surface area contributed by atoms with Crippen molar-refractivity contribution in [1.29, 1.82) is 0 Å². The summed E-state index contributed by atoms with van der Waals surface area (Å²) in [6, 6.07) is 10.8. The van der Waals surface area contributed by atoms with E-state index in [-0.39, 0.29) is 17.6 Å². The SMILES string of the molecule is Cc1cccn2cc(C(=O)N3CCC[C@@H](C(=O)c4ccc(Cl)cc4)C3)nc12. The van der Waals surface area contributed by atoms with Gasteiger partial charge in [0.05, 0.1) is 0 Å². The Labute approximate surface area is 162 Å². The number of imidazole rings is 1. The zero-order valence-electron chi connectivity index (χ0n) is 15.1. The van der Waals surface area contributed by atoms with Crippen molar-refractivity contribution in [1.82, 2.24) is 14.3 Å². The van der Waals surface area contributed by atoms with Crippen LogP contribution in [-0.4, -0.2) is 39.1 Å². The van der Waals surface area contributed by atoms with Crippen molar-refractivity contribution < 1.29 is 9.59 Å². The minimum absolute atomic E-state index is 0.0648. The van der Waals surface area contributed by atoms with Crippen molar-refractivity contribution in [3.8, 4) is 0 Å². The molecule has 0 saturated carbocycles. The fourth-order valence-corrected chi connectivity index (χ4v) is 3.77. The van der Waals surface area contributed by atoms with Gasteiger partial charge in [-0.05, 0) is 55.7 Å². The van der Waals surface area contributed by atoms with E-state index in [2.05, 4.69) is 4.98 Å². The second-order valence-electron chi connectivity index (χ2n) is 7.01. The quantitative estimate of drug-likeness (QED) is 0.643. The molecule has 1 aliphatic rings. The Balaban J connectivity index is 1.53. The molecule has 138 valence electrons. The minimum Gasteiger partial charge on any atom is -0.337 e.